The summed E-state index contributed by atoms with van der Waals surface area (Å²) in [6, 6.07) is 0.0869. The predicted molar refractivity (Wildman–Crippen MR) is 146 cm³/mol. The van der Waals surface area contributed by atoms with Crippen molar-refractivity contribution in [2.45, 2.75) is 58.9 Å². The molecule has 1 aromatic heterocycles. The number of rotatable bonds is 9. The average molecular weight is 543 g/mol. The molecule has 4 N–H and O–H groups in total. The SMILES string of the molecule is CCNC(=O)C(C)(C)/C=C/n1ncc(C(=O)N[C@H]2C3CC4CC2C[C@](COC(N)=O)(C4)C3)c1N1CCOCC1. The molecule has 2 atom stereocenters. The summed E-state index contributed by atoms with van der Waals surface area (Å²) in [6.07, 6.45) is 9.63. The Labute approximate surface area is 229 Å². The van der Waals surface area contributed by atoms with Crippen molar-refractivity contribution < 1.29 is 23.9 Å². The molecule has 214 valence electrons. The highest BCUT2D eigenvalue weighted by Gasteiger charge is 2.56. The van der Waals surface area contributed by atoms with Crippen LogP contribution in [0.2, 0.25) is 0 Å². The summed E-state index contributed by atoms with van der Waals surface area (Å²) in [6.45, 7) is 8.99. The largest absolute Gasteiger partial charge is 0.449 e. The molecule has 3 amide bonds. The summed E-state index contributed by atoms with van der Waals surface area (Å²) in [7, 11) is 0. The van der Waals surface area contributed by atoms with Gasteiger partial charge in [-0.1, -0.05) is 6.08 Å². The van der Waals surface area contributed by atoms with Crippen LogP contribution in [0.3, 0.4) is 0 Å². The van der Waals surface area contributed by atoms with Crippen LogP contribution < -0.4 is 21.3 Å². The zero-order valence-electron chi connectivity index (χ0n) is 23.3. The van der Waals surface area contributed by atoms with Gasteiger partial charge >= 0.3 is 6.09 Å². The molecule has 2 heterocycles. The van der Waals surface area contributed by atoms with Gasteiger partial charge in [0.05, 0.1) is 31.4 Å². The fraction of sp³-hybridized carbons (Fsp3) is 0.714. The molecule has 4 aliphatic carbocycles. The molecular formula is C28H42N6O5. The molecule has 1 aromatic rings. The van der Waals surface area contributed by atoms with E-state index in [1.165, 1.54) is 0 Å². The fourth-order valence-electron chi connectivity index (χ4n) is 7.49. The summed E-state index contributed by atoms with van der Waals surface area (Å²) in [4.78, 5) is 39.7. The van der Waals surface area contributed by atoms with Gasteiger partial charge in [0, 0.05) is 37.3 Å². The third-order valence-corrected chi connectivity index (χ3v) is 9.10. The highest BCUT2D eigenvalue weighted by atomic mass is 16.5. The number of amides is 3. The third-order valence-electron chi connectivity index (χ3n) is 9.10. The topological polar surface area (TPSA) is 141 Å². The van der Waals surface area contributed by atoms with Crippen LogP contribution in [0.1, 0.15) is 63.2 Å². The maximum atomic E-state index is 13.8. The van der Waals surface area contributed by atoms with Crippen molar-refractivity contribution in [2.24, 2.45) is 34.3 Å². The van der Waals surface area contributed by atoms with E-state index in [4.69, 9.17) is 15.2 Å². The molecule has 4 bridgehead atoms. The van der Waals surface area contributed by atoms with Gasteiger partial charge in [-0.05, 0) is 70.6 Å². The Kier molecular flexibility index (Phi) is 7.63. The number of nitrogens with zero attached hydrogens (tertiary/aromatic N) is 3. The van der Waals surface area contributed by atoms with E-state index in [1.807, 2.05) is 26.8 Å². The molecule has 5 aliphatic rings. The number of primary amides is 1. The van der Waals surface area contributed by atoms with Crippen LogP contribution in [0.4, 0.5) is 10.6 Å². The van der Waals surface area contributed by atoms with Crippen molar-refractivity contribution in [3.63, 3.8) is 0 Å². The summed E-state index contributed by atoms with van der Waals surface area (Å²) in [5.74, 6) is 1.85. The number of hydrogen-bond donors (Lipinski definition) is 3. The Balaban J connectivity index is 1.35. The third kappa shape index (κ3) is 5.64. The number of morpholine rings is 1. The van der Waals surface area contributed by atoms with Crippen LogP contribution in [0.25, 0.3) is 6.20 Å². The molecule has 0 radical (unpaired) electrons. The standard InChI is InChI=1S/C28H42N6O5/c1-4-30-25(36)27(2,3)5-6-34-24(33-7-9-38-10-8-33)21(16-31-34)23(35)32-22-19-11-18-12-20(22)15-28(13-18,14-19)17-39-26(29)37/h5-6,16,18-20,22H,4,7-15,17H2,1-3H3,(H2,29,37)(H,30,36)(H,32,35)/b6-5+/t18?,19?,20?,22-,28-. The predicted octanol–water partition coefficient (Wildman–Crippen LogP) is 2.37. The number of carbonyl (C=O) groups excluding carboxylic acids is 3. The van der Waals surface area contributed by atoms with Gasteiger partial charge < -0.3 is 30.7 Å². The second-order valence-electron chi connectivity index (χ2n) is 12.4. The van der Waals surface area contributed by atoms with E-state index in [0.29, 0.717) is 68.6 Å². The zero-order valence-corrected chi connectivity index (χ0v) is 23.3. The highest BCUT2D eigenvalue weighted by molar-refractivity contribution is 5.99. The fourth-order valence-corrected chi connectivity index (χ4v) is 7.49. The first-order chi connectivity index (χ1) is 18.6. The van der Waals surface area contributed by atoms with Crippen molar-refractivity contribution in [3.8, 4) is 0 Å². The van der Waals surface area contributed by atoms with Crippen molar-refractivity contribution in [3.05, 3.63) is 17.8 Å². The molecule has 5 fully saturated rings. The molecular weight excluding hydrogens is 500 g/mol. The van der Waals surface area contributed by atoms with Crippen LogP contribution >= 0.6 is 0 Å². The van der Waals surface area contributed by atoms with E-state index in [9.17, 15) is 14.4 Å². The van der Waals surface area contributed by atoms with E-state index >= 15 is 0 Å². The zero-order chi connectivity index (χ0) is 27.8. The lowest BCUT2D eigenvalue weighted by molar-refractivity contribution is -0.127. The van der Waals surface area contributed by atoms with E-state index in [-0.39, 0.29) is 23.3 Å². The summed E-state index contributed by atoms with van der Waals surface area (Å²) in [5, 5.41) is 10.8. The number of aromatic nitrogens is 2. The van der Waals surface area contributed by atoms with E-state index in [0.717, 1.165) is 32.1 Å². The van der Waals surface area contributed by atoms with Crippen LogP contribution in [-0.4, -0.2) is 73.2 Å². The minimum absolute atomic E-state index is 0.0156. The number of carbonyl (C=O) groups is 3. The van der Waals surface area contributed by atoms with Crippen molar-refractivity contribution in [2.75, 3.05) is 44.4 Å². The van der Waals surface area contributed by atoms with Crippen molar-refractivity contribution >= 4 is 29.9 Å². The molecule has 4 saturated carbocycles. The Bertz CT molecular complexity index is 1110. The van der Waals surface area contributed by atoms with E-state index in [2.05, 4.69) is 20.6 Å². The summed E-state index contributed by atoms with van der Waals surface area (Å²) in [5.41, 5.74) is 5.04. The Morgan fingerprint density at radius 3 is 2.54 bits per heavy atom. The Hall–Kier alpha value is -3.08. The normalized spacial score (nSPS) is 30.0. The van der Waals surface area contributed by atoms with Crippen LogP contribution in [0, 0.1) is 28.6 Å². The number of nitrogens with one attached hydrogen (secondary N) is 2. The number of nitrogens with two attached hydrogens (primary N) is 1. The van der Waals surface area contributed by atoms with Gasteiger partial charge in [0.2, 0.25) is 5.91 Å². The molecule has 0 spiro atoms. The van der Waals surface area contributed by atoms with Gasteiger partial charge in [-0.15, -0.1) is 0 Å². The molecule has 1 aliphatic heterocycles. The second-order valence-corrected chi connectivity index (χ2v) is 12.4. The van der Waals surface area contributed by atoms with Gasteiger partial charge in [-0.25, -0.2) is 9.48 Å². The minimum atomic E-state index is -0.735. The molecule has 39 heavy (non-hydrogen) atoms. The molecule has 11 heteroatoms. The Morgan fingerprint density at radius 2 is 1.90 bits per heavy atom. The van der Waals surface area contributed by atoms with Crippen LogP contribution in [-0.2, 0) is 14.3 Å². The van der Waals surface area contributed by atoms with E-state index in [1.54, 1.807) is 17.1 Å². The van der Waals surface area contributed by atoms with Crippen molar-refractivity contribution in [1.29, 1.82) is 0 Å². The second kappa shape index (κ2) is 10.8. The lowest BCUT2D eigenvalue weighted by Gasteiger charge is -2.59. The number of ether oxygens (including phenoxy) is 2. The molecule has 6 rings (SSSR count). The smallest absolute Gasteiger partial charge is 0.404 e. The van der Waals surface area contributed by atoms with E-state index < -0.39 is 11.5 Å². The average Bonchev–Trinajstić information content (AvgIpc) is 3.33. The van der Waals surface area contributed by atoms with Crippen molar-refractivity contribution in [1.82, 2.24) is 20.4 Å². The minimum Gasteiger partial charge on any atom is -0.449 e. The first-order valence-electron chi connectivity index (χ1n) is 14.2. The lowest BCUT2D eigenvalue weighted by Crippen LogP contribution is -2.60. The van der Waals surface area contributed by atoms with Crippen LogP contribution in [0.15, 0.2) is 12.3 Å². The summed E-state index contributed by atoms with van der Waals surface area (Å²) < 4.78 is 12.5. The van der Waals surface area contributed by atoms with Crippen LogP contribution in [0.5, 0.6) is 0 Å². The monoisotopic (exact) mass is 542 g/mol. The molecule has 0 aromatic carbocycles. The quantitative estimate of drug-likeness (QED) is 0.435. The Morgan fingerprint density at radius 1 is 1.21 bits per heavy atom. The number of hydrogen-bond acceptors (Lipinski definition) is 7. The maximum Gasteiger partial charge on any atom is 0.404 e. The van der Waals surface area contributed by atoms with Gasteiger partial charge in [0.15, 0.2) is 0 Å². The van der Waals surface area contributed by atoms with Gasteiger partial charge in [0.1, 0.15) is 11.4 Å². The van der Waals surface area contributed by atoms with Gasteiger partial charge in [0.25, 0.3) is 5.91 Å². The number of anilines is 1. The van der Waals surface area contributed by atoms with Gasteiger partial charge in [-0.3, -0.25) is 9.59 Å². The summed E-state index contributed by atoms with van der Waals surface area (Å²) >= 11 is 0. The van der Waals surface area contributed by atoms with Gasteiger partial charge in [-0.2, -0.15) is 5.10 Å². The molecule has 1 saturated heterocycles. The maximum absolute atomic E-state index is 13.8. The lowest BCUT2D eigenvalue weighted by atomic mass is 9.48. The first-order valence-corrected chi connectivity index (χ1v) is 14.2. The molecule has 11 nitrogen and oxygen atoms in total. The first kappa shape index (κ1) is 27.5. The molecule has 2 unspecified atom stereocenters. The highest BCUT2D eigenvalue weighted by Crippen LogP contribution is 2.60.